The lowest BCUT2D eigenvalue weighted by molar-refractivity contribution is 1.00. The Hall–Kier alpha value is -1.14. The molecule has 15 heavy (non-hydrogen) atoms. The molecule has 2 aromatic heterocycles. The molecular weight excluding hydrogens is 278 g/mol. The first-order valence-corrected chi connectivity index (χ1v) is 5.86. The maximum Gasteiger partial charge on any atom is 0.346 e. The summed E-state index contributed by atoms with van der Waals surface area (Å²) in [6, 6.07) is 5.77. The lowest BCUT2D eigenvalue weighted by Crippen LogP contribution is -2.16. The van der Waals surface area contributed by atoms with Crippen molar-refractivity contribution in [1.29, 1.82) is 0 Å². The molecule has 0 aliphatic rings. The molecule has 0 bridgehead atoms. The number of aromatic nitrogens is 2. The van der Waals surface area contributed by atoms with E-state index in [2.05, 4.69) is 26.1 Å². The van der Waals surface area contributed by atoms with E-state index in [1.807, 2.05) is 17.5 Å². The first-order chi connectivity index (χ1) is 7.25. The standard InChI is InChI=1S/C9H8BrN3OS/c10-13(6-7-2-1-5-15-7)8-3-4-11-9(14)12-8/h1-5H,6H2,(H,11,12,14). The topological polar surface area (TPSA) is 49.0 Å². The molecular formula is C9H8BrN3OS. The van der Waals surface area contributed by atoms with Crippen LogP contribution in [0.4, 0.5) is 5.82 Å². The van der Waals surface area contributed by atoms with Crippen LogP contribution in [-0.2, 0) is 6.54 Å². The van der Waals surface area contributed by atoms with E-state index in [-0.39, 0.29) is 5.69 Å². The van der Waals surface area contributed by atoms with E-state index in [4.69, 9.17) is 0 Å². The summed E-state index contributed by atoms with van der Waals surface area (Å²) >= 11 is 5.03. The molecule has 0 radical (unpaired) electrons. The number of aromatic amines is 1. The molecule has 6 heteroatoms. The van der Waals surface area contributed by atoms with Crippen molar-refractivity contribution in [2.75, 3.05) is 3.93 Å². The average molecular weight is 286 g/mol. The molecule has 4 nitrogen and oxygen atoms in total. The van der Waals surface area contributed by atoms with E-state index in [0.29, 0.717) is 12.4 Å². The number of hydrogen-bond donors (Lipinski definition) is 1. The third-order valence-electron chi connectivity index (χ3n) is 1.78. The van der Waals surface area contributed by atoms with Crippen molar-refractivity contribution in [2.45, 2.75) is 6.54 Å². The number of anilines is 1. The van der Waals surface area contributed by atoms with Gasteiger partial charge in [0.2, 0.25) is 0 Å². The predicted molar refractivity (Wildman–Crippen MR) is 64.3 cm³/mol. The zero-order valence-corrected chi connectivity index (χ0v) is 10.1. The Kier molecular flexibility index (Phi) is 3.17. The zero-order valence-electron chi connectivity index (χ0n) is 7.68. The van der Waals surface area contributed by atoms with Crippen LogP contribution in [0.15, 0.2) is 34.6 Å². The first-order valence-electron chi connectivity index (χ1n) is 4.27. The Bertz CT molecular complexity index is 482. The van der Waals surface area contributed by atoms with Crippen LogP contribution < -0.4 is 9.62 Å². The van der Waals surface area contributed by atoms with E-state index in [1.54, 1.807) is 27.5 Å². The van der Waals surface area contributed by atoms with Crippen molar-refractivity contribution < 1.29 is 0 Å². The molecule has 2 aromatic rings. The maximum absolute atomic E-state index is 11.0. The van der Waals surface area contributed by atoms with Gasteiger partial charge in [-0.05, 0) is 17.5 Å². The number of nitrogens with zero attached hydrogens (tertiary/aromatic N) is 2. The summed E-state index contributed by atoms with van der Waals surface area (Å²) in [6.45, 7) is 0.689. The molecule has 0 saturated heterocycles. The minimum absolute atomic E-state index is 0.344. The van der Waals surface area contributed by atoms with Crippen molar-refractivity contribution >= 4 is 33.3 Å². The van der Waals surface area contributed by atoms with Gasteiger partial charge in [-0.2, -0.15) is 4.98 Å². The van der Waals surface area contributed by atoms with Gasteiger partial charge in [-0.3, -0.25) is 3.93 Å². The highest BCUT2D eigenvalue weighted by Crippen LogP contribution is 2.19. The normalized spacial score (nSPS) is 10.2. The summed E-state index contributed by atoms with van der Waals surface area (Å²) < 4.78 is 1.76. The fourth-order valence-corrected chi connectivity index (χ4v) is 2.44. The van der Waals surface area contributed by atoms with Crippen LogP contribution in [0.3, 0.4) is 0 Å². The maximum atomic E-state index is 11.0. The Morgan fingerprint density at radius 1 is 1.53 bits per heavy atom. The van der Waals surface area contributed by atoms with E-state index < -0.39 is 0 Å². The average Bonchev–Trinajstić information content (AvgIpc) is 2.70. The van der Waals surface area contributed by atoms with Gasteiger partial charge in [0, 0.05) is 11.1 Å². The summed E-state index contributed by atoms with van der Waals surface area (Å²) in [5.74, 6) is 0.604. The zero-order chi connectivity index (χ0) is 10.7. The van der Waals surface area contributed by atoms with Crippen LogP contribution >= 0.6 is 27.5 Å². The molecule has 0 fully saturated rings. The van der Waals surface area contributed by atoms with Gasteiger partial charge in [0.25, 0.3) is 0 Å². The fraction of sp³-hybridized carbons (Fsp3) is 0.111. The molecule has 0 aliphatic carbocycles. The van der Waals surface area contributed by atoms with Gasteiger partial charge in [-0.15, -0.1) is 11.3 Å². The smallest absolute Gasteiger partial charge is 0.313 e. The fourth-order valence-electron chi connectivity index (χ4n) is 1.12. The summed E-state index contributed by atoms with van der Waals surface area (Å²) in [7, 11) is 0. The minimum atomic E-state index is -0.344. The highest BCUT2D eigenvalue weighted by molar-refractivity contribution is 9.10. The monoisotopic (exact) mass is 285 g/mol. The molecule has 0 aromatic carbocycles. The Morgan fingerprint density at radius 2 is 2.40 bits per heavy atom. The Balaban J connectivity index is 2.14. The number of H-pyrrole nitrogens is 1. The quantitative estimate of drug-likeness (QED) is 0.879. The molecule has 0 atom stereocenters. The summed E-state index contributed by atoms with van der Waals surface area (Å²) in [4.78, 5) is 18.5. The number of halogens is 1. The molecule has 78 valence electrons. The molecule has 0 spiro atoms. The summed E-state index contributed by atoms with van der Waals surface area (Å²) in [5, 5.41) is 2.02. The number of hydrogen-bond acceptors (Lipinski definition) is 4. The van der Waals surface area contributed by atoms with Gasteiger partial charge in [0.1, 0.15) is 5.82 Å². The lowest BCUT2D eigenvalue weighted by atomic mass is 10.4. The lowest BCUT2D eigenvalue weighted by Gasteiger charge is -2.12. The largest absolute Gasteiger partial charge is 0.346 e. The molecule has 2 rings (SSSR count). The second-order valence-electron chi connectivity index (χ2n) is 2.85. The molecule has 0 amide bonds. The third kappa shape index (κ3) is 2.66. The predicted octanol–water partition coefficient (Wildman–Crippen LogP) is 2.15. The number of thiophene rings is 1. The number of nitrogens with one attached hydrogen (secondary N) is 1. The van der Waals surface area contributed by atoms with Crippen molar-refractivity contribution in [2.24, 2.45) is 0 Å². The number of rotatable bonds is 3. The van der Waals surface area contributed by atoms with E-state index in [9.17, 15) is 4.79 Å². The molecule has 1 N–H and O–H groups in total. The molecule has 2 heterocycles. The SMILES string of the molecule is O=c1nc(N(Br)Cc2cccs2)cc[nH]1. The highest BCUT2D eigenvalue weighted by atomic mass is 79.9. The van der Waals surface area contributed by atoms with Gasteiger partial charge in [-0.25, -0.2) is 4.79 Å². The summed E-state index contributed by atoms with van der Waals surface area (Å²) in [6.07, 6.45) is 1.58. The van der Waals surface area contributed by atoms with E-state index >= 15 is 0 Å². The molecule has 0 unspecified atom stereocenters. The van der Waals surface area contributed by atoms with Gasteiger partial charge in [-0.1, -0.05) is 6.07 Å². The van der Waals surface area contributed by atoms with Crippen molar-refractivity contribution in [3.05, 3.63) is 45.1 Å². The van der Waals surface area contributed by atoms with Crippen LogP contribution in [0.5, 0.6) is 0 Å². The molecule has 0 aliphatic heterocycles. The minimum Gasteiger partial charge on any atom is -0.313 e. The van der Waals surface area contributed by atoms with Crippen LogP contribution in [0.25, 0.3) is 0 Å². The van der Waals surface area contributed by atoms with E-state index in [1.165, 1.54) is 4.88 Å². The van der Waals surface area contributed by atoms with Crippen LogP contribution in [0.1, 0.15) is 4.88 Å². The first kappa shape index (κ1) is 10.4. The second-order valence-corrected chi connectivity index (χ2v) is 4.74. The van der Waals surface area contributed by atoms with Crippen LogP contribution in [0, 0.1) is 0 Å². The Morgan fingerprint density at radius 3 is 3.07 bits per heavy atom. The van der Waals surface area contributed by atoms with Crippen LogP contribution in [-0.4, -0.2) is 9.97 Å². The van der Waals surface area contributed by atoms with Crippen molar-refractivity contribution in [1.82, 2.24) is 9.97 Å². The van der Waals surface area contributed by atoms with E-state index in [0.717, 1.165) is 0 Å². The van der Waals surface area contributed by atoms with Gasteiger partial charge in [0.15, 0.2) is 0 Å². The highest BCUT2D eigenvalue weighted by Gasteiger charge is 2.05. The molecule has 0 saturated carbocycles. The van der Waals surface area contributed by atoms with Crippen LogP contribution in [0.2, 0.25) is 0 Å². The third-order valence-corrected chi connectivity index (χ3v) is 3.25. The van der Waals surface area contributed by atoms with Crippen molar-refractivity contribution in [3.63, 3.8) is 0 Å². The van der Waals surface area contributed by atoms with Gasteiger partial charge >= 0.3 is 5.69 Å². The van der Waals surface area contributed by atoms with Gasteiger partial charge < -0.3 is 4.98 Å². The Labute approximate surface area is 98.9 Å². The van der Waals surface area contributed by atoms with Crippen molar-refractivity contribution in [3.8, 4) is 0 Å². The van der Waals surface area contributed by atoms with Gasteiger partial charge in [0.05, 0.1) is 22.7 Å². The second kappa shape index (κ2) is 4.59. The summed E-state index contributed by atoms with van der Waals surface area (Å²) in [5.41, 5.74) is -0.344.